The van der Waals surface area contributed by atoms with E-state index < -0.39 is 133 Å². The summed E-state index contributed by atoms with van der Waals surface area (Å²) in [6.45, 7) is 14.5. The molecule has 1 unspecified atom stereocenters. The van der Waals surface area contributed by atoms with Crippen molar-refractivity contribution in [2.45, 2.75) is 205 Å². The van der Waals surface area contributed by atoms with Gasteiger partial charge in [-0.1, -0.05) is 57.4 Å². The van der Waals surface area contributed by atoms with E-state index in [0.717, 1.165) is 37.7 Å². The number of aliphatic hydroxyl groups excluding tert-OH is 7. The average Bonchev–Trinajstić information content (AvgIpc) is 3.57. The van der Waals surface area contributed by atoms with Gasteiger partial charge in [0.15, 0.2) is 31.1 Å². The second-order valence-corrected chi connectivity index (χ2v) is 21.5. The highest BCUT2D eigenvalue weighted by atomic mass is 16.8. The number of hydrogen-bond donors (Lipinski definition) is 10. The number of fused-ring (bicyclic) bond motifs is 4. The fourth-order valence-electron chi connectivity index (χ4n) is 13.8. The van der Waals surface area contributed by atoms with Crippen molar-refractivity contribution in [1.29, 1.82) is 0 Å². The molecule has 3 heterocycles. The minimum absolute atomic E-state index is 0.000919. The van der Waals surface area contributed by atoms with Crippen LogP contribution >= 0.6 is 0 Å². The SMILES string of the molecule is CC(C)=CCC[C@@H](C)[C@H]1CC[C@@]2(C(=O)O)C3=C(CC[C@]12C)[C@@]1(C)CC[C@H](O[C@@H]2O[C@H](C(=O)O)[C@@H](O[C@@H]4O[C@H](C(=O)O)[C@H](O)[C@H](O[C@@H]5OC[C@H](O)[C@H](O)[C@H]5O)[C@H]4O)[C@H](O)[C@H]2O)C(C)(C)C1CC3. The zero-order valence-corrected chi connectivity index (χ0v) is 38.9. The Balaban J connectivity index is 1.07. The Bertz CT molecular complexity index is 1880. The van der Waals surface area contributed by atoms with E-state index in [2.05, 4.69) is 40.7 Å². The van der Waals surface area contributed by atoms with Crippen molar-refractivity contribution in [1.82, 2.24) is 0 Å². The molecule has 10 N–H and O–H groups in total. The zero-order chi connectivity index (χ0) is 48.6. The first-order chi connectivity index (χ1) is 30.8. The summed E-state index contributed by atoms with van der Waals surface area (Å²) in [5, 5.41) is 107. The minimum atomic E-state index is -2.18. The molecule has 19 heteroatoms. The number of aliphatic hydroxyl groups is 7. The number of carboxylic acid groups (broad SMARTS) is 3. The van der Waals surface area contributed by atoms with Gasteiger partial charge in [-0.25, -0.2) is 9.59 Å². The van der Waals surface area contributed by atoms with Crippen molar-refractivity contribution in [2.24, 2.45) is 39.4 Å². The maximum atomic E-state index is 13.8. The smallest absolute Gasteiger partial charge is 0.335 e. The highest BCUT2D eigenvalue weighted by molar-refractivity contribution is 5.82. The van der Waals surface area contributed by atoms with E-state index >= 15 is 0 Å². The lowest BCUT2D eigenvalue weighted by Gasteiger charge is -2.62. The Morgan fingerprint density at radius 1 is 0.697 bits per heavy atom. The molecule has 5 fully saturated rings. The first kappa shape index (κ1) is 51.2. The van der Waals surface area contributed by atoms with E-state index in [1.165, 1.54) is 11.1 Å². The maximum Gasteiger partial charge on any atom is 0.335 e. The molecule has 66 heavy (non-hydrogen) atoms. The molecule has 2 saturated carbocycles. The van der Waals surface area contributed by atoms with E-state index in [4.69, 9.17) is 28.4 Å². The van der Waals surface area contributed by atoms with Crippen molar-refractivity contribution in [3.05, 3.63) is 22.8 Å². The number of hydrogen-bond acceptors (Lipinski definition) is 16. The molecular weight excluding hydrogens is 868 g/mol. The summed E-state index contributed by atoms with van der Waals surface area (Å²) in [5.41, 5.74) is 1.27. The number of carboxylic acids is 3. The van der Waals surface area contributed by atoms with Crippen LogP contribution in [0.25, 0.3) is 0 Å². The van der Waals surface area contributed by atoms with Crippen molar-refractivity contribution in [3.8, 4) is 0 Å². The van der Waals surface area contributed by atoms with Crippen molar-refractivity contribution in [3.63, 3.8) is 0 Å². The molecule has 21 atom stereocenters. The predicted molar refractivity (Wildman–Crippen MR) is 228 cm³/mol. The molecule has 4 aliphatic carbocycles. The van der Waals surface area contributed by atoms with Crippen molar-refractivity contribution in [2.75, 3.05) is 6.61 Å². The van der Waals surface area contributed by atoms with Gasteiger partial charge in [0.1, 0.15) is 54.9 Å². The number of aliphatic carboxylic acids is 3. The van der Waals surface area contributed by atoms with Gasteiger partial charge in [0, 0.05) is 0 Å². The summed E-state index contributed by atoms with van der Waals surface area (Å²) in [6.07, 6.45) is -18.3. The first-order valence-electron chi connectivity index (χ1n) is 23.5. The third-order valence-electron chi connectivity index (χ3n) is 17.3. The van der Waals surface area contributed by atoms with Crippen LogP contribution in [0.5, 0.6) is 0 Å². The van der Waals surface area contributed by atoms with Crippen LogP contribution in [-0.4, -0.2) is 168 Å². The highest BCUT2D eigenvalue weighted by Gasteiger charge is 2.69. The van der Waals surface area contributed by atoms with Gasteiger partial charge in [-0.05, 0) is 112 Å². The number of rotatable bonds is 13. The van der Waals surface area contributed by atoms with Gasteiger partial charge < -0.3 is 79.5 Å². The van der Waals surface area contributed by atoms with Crippen LogP contribution < -0.4 is 0 Å². The Labute approximate surface area is 384 Å². The number of carbonyl (C=O) groups is 3. The standard InChI is InChI=1S/C47H72O19/c1-20(2)9-8-10-21(3)22-14-18-47(43(59)60)24-11-12-26-44(4,5)27(15-16-45(26,6)23(24)13-17-46(22,47)7)62-41-31(52)29(50)35(37(66-41)39(57)58)64-42-33(54)34(32(53)36(65-42)38(55)56)63-40-30(51)28(49)25(48)19-61-40/h9,21-22,25-37,40-42,48-54H,8,10-19H2,1-7H3,(H,55,56)(H,57,58)(H,59,60)/t21-,22-,25+,26?,27+,28+,29-,30-,31-,32-,33-,34+,35+,36+,37+,40+,41-,42-,45-,46-,47+/m1/s1. The summed E-state index contributed by atoms with van der Waals surface area (Å²) in [4.78, 5) is 38.7. The summed E-state index contributed by atoms with van der Waals surface area (Å²) in [7, 11) is 0. The Kier molecular flexibility index (Phi) is 14.7. The monoisotopic (exact) mass is 940 g/mol. The van der Waals surface area contributed by atoms with Crippen LogP contribution in [0.4, 0.5) is 0 Å². The van der Waals surface area contributed by atoms with Gasteiger partial charge >= 0.3 is 17.9 Å². The van der Waals surface area contributed by atoms with Crippen LogP contribution in [0.15, 0.2) is 22.8 Å². The third kappa shape index (κ3) is 8.48. The predicted octanol–water partition coefficient (Wildman–Crippen LogP) is 1.84. The fraction of sp³-hybridized carbons (Fsp3) is 0.851. The fourth-order valence-corrected chi connectivity index (χ4v) is 13.8. The van der Waals surface area contributed by atoms with Gasteiger partial charge in [0.05, 0.1) is 18.1 Å². The molecule has 0 amide bonds. The quantitative estimate of drug-likeness (QED) is 0.118. The molecule has 0 bridgehead atoms. The van der Waals surface area contributed by atoms with Crippen LogP contribution in [0.1, 0.15) is 113 Å². The lowest BCUT2D eigenvalue weighted by molar-refractivity contribution is -0.372. The molecule has 7 aliphatic rings. The van der Waals surface area contributed by atoms with Crippen LogP contribution in [-0.2, 0) is 42.8 Å². The summed E-state index contributed by atoms with van der Waals surface area (Å²) in [6, 6.07) is 0. The molecule has 0 spiro atoms. The topological polar surface area (TPSA) is 309 Å². The van der Waals surface area contributed by atoms with E-state index in [9.17, 15) is 65.4 Å². The Morgan fingerprint density at radius 2 is 1.32 bits per heavy atom. The van der Waals surface area contributed by atoms with E-state index in [-0.39, 0.29) is 17.3 Å². The maximum absolute atomic E-state index is 13.8. The molecule has 19 nitrogen and oxygen atoms in total. The molecule has 0 aromatic rings. The summed E-state index contributed by atoms with van der Waals surface area (Å²) in [5.74, 6) is -3.52. The molecule has 0 radical (unpaired) electrons. The molecular formula is C47H72O19. The largest absolute Gasteiger partial charge is 0.481 e. The van der Waals surface area contributed by atoms with E-state index in [1.54, 1.807) is 0 Å². The van der Waals surface area contributed by atoms with Crippen LogP contribution in [0.3, 0.4) is 0 Å². The van der Waals surface area contributed by atoms with E-state index in [0.29, 0.717) is 38.0 Å². The number of ether oxygens (including phenoxy) is 6. The molecule has 3 saturated heterocycles. The lowest BCUT2D eigenvalue weighted by atomic mass is 9.43. The Hall–Kier alpha value is -2.63. The molecule has 0 aromatic carbocycles. The van der Waals surface area contributed by atoms with Gasteiger partial charge in [0.25, 0.3) is 0 Å². The average molecular weight is 941 g/mol. The molecule has 3 aliphatic heterocycles. The van der Waals surface area contributed by atoms with E-state index in [1.807, 2.05) is 13.8 Å². The van der Waals surface area contributed by atoms with Crippen molar-refractivity contribution >= 4 is 17.9 Å². The lowest BCUT2D eigenvalue weighted by Crippen LogP contribution is -2.67. The third-order valence-corrected chi connectivity index (χ3v) is 17.3. The molecule has 0 aromatic heterocycles. The van der Waals surface area contributed by atoms with Gasteiger partial charge in [-0.15, -0.1) is 0 Å². The second kappa shape index (κ2) is 18.9. The second-order valence-electron chi connectivity index (χ2n) is 21.5. The highest BCUT2D eigenvalue weighted by Crippen LogP contribution is 2.73. The minimum Gasteiger partial charge on any atom is -0.481 e. The zero-order valence-electron chi connectivity index (χ0n) is 38.9. The number of allylic oxidation sites excluding steroid dienone is 3. The van der Waals surface area contributed by atoms with Gasteiger partial charge in [-0.3, -0.25) is 4.79 Å². The normalized spacial score (nSPS) is 47.2. The Morgan fingerprint density at radius 3 is 1.95 bits per heavy atom. The van der Waals surface area contributed by atoms with Crippen LogP contribution in [0, 0.1) is 39.4 Å². The first-order valence-corrected chi connectivity index (χ1v) is 23.5. The van der Waals surface area contributed by atoms with Crippen molar-refractivity contribution < 1.29 is 93.9 Å². The summed E-state index contributed by atoms with van der Waals surface area (Å²) < 4.78 is 34.0. The van der Waals surface area contributed by atoms with Crippen LogP contribution in [0.2, 0.25) is 0 Å². The molecule has 7 rings (SSSR count). The van der Waals surface area contributed by atoms with Gasteiger partial charge in [0.2, 0.25) is 0 Å². The molecule has 374 valence electrons. The summed E-state index contributed by atoms with van der Waals surface area (Å²) >= 11 is 0. The van der Waals surface area contributed by atoms with Gasteiger partial charge in [-0.2, -0.15) is 0 Å².